The van der Waals surface area contributed by atoms with E-state index in [1.165, 1.54) is 23.3 Å². The maximum Gasteiger partial charge on any atom is -1.00 e. The van der Waals surface area contributed by atoms with Gasteiger partial charge < -0.3 is 24.0 Å². The summed E-state index contributed by atoms with van der Waals surface area (Å²) >= 11 is 1.33. The van der Waals surface area contributed by atoms with Crippen molar-refractivity contribution in [3.8, 4) is 0 Å². The molecule has 0 aromatic rings. The molecule has 0 N–H and O–H groups in total. The van der Waals surface area contributed by atoms with Crippen LogP contribution in [0, 0.1) is 5.92 Å². The third kappa shape index (κ3) is 5.48. The van der Waals surface area contributed by atoms with E-state index in [-0.39, 0.29) is 35.7 Å². The van der Waals surface area contributed by atoms with E-state index in [0.717, 1.165) is 25.4 Å². The van der Waals surface area contributed by atoms with E-state index in [4.69, 9.17) is 4.74 Å². The Hall–Kier alpha value is 0.623. The zero-order chi connectivity index (χ0) is 10.8. The van der Waals surface area contributed by atoms with Crippen LogP contribution in [-0.4, -0.2) is 29.7 Å². The molecule has 1 heterocycles. The minimum absolute atomic E-state index is 0. The number of carbonyl (C=O) groups excluding carboxylic acids is 1. The van der Waals surface area contributed by atoms with Crippen LogP contribution in [0.4, 0.5) is 4.79 Å². The number of halogens is 1. The van der Waals surface area contributed by atoms with E-state index in [1.807, 2.05) is 25.7 Å². The number of amides is 1. The van der Waals surface area contributed by atoms with Gasteiger partial charge in [0, 0.05) is 0 Å². The van der Waals surface area contributed by atoms with Crippen LogP contribution in [-0.2, 0) is 23.0 Å². The van der Waals surface area contributed by atoms with Crippen LogP contribution in [0.3, 0.4) is 0 Å². The van der Waals surface area contributed by atoms with Gasteiger partial charge in [-0.05, 0) is 0 Å². The predicted molar refractivity (Wildman–Crippen MR) is 50.7 cm³/mol. The van der Waals surface area contributed by atoms with Gasteiger partial charge in [0.25, 0.3) is 0 Å². The summed E-state index contributed by atoms with van der Waals surface area (Å²) in [5, 5.41) is 1.28. The molecule has 0 saturated carbocycles. The first kappa shape index (κ1) is 15.6. The zero-order valence-corrected chi connectivity index (χ0v) is 14.9. The number of carbonyl (C=O) groups is 1. The number of rotatable bonds is 1. The molecule has 0 radical (unpaired) electrons. The van der Waals surface area contributed by atoms with Gasteiger partial charge in [0.1, 0.15) is 0 Å². The Labute approximate surface area is 119 Å². The molecule has 1 saturated heterocycles. The van der Waals surface area contributed by atoms with Crippen LogP contribution in [0.15, 0.2) is 0 Å². The Kier molecular flexibility index (Phi) is 6.65. The normalized spacial score (nSPS) is 21.1. The SMILES string of the molecule is CC(C)(C)OC(=O)N1CC[C@@H]([CH2][Zn+])C1.[I-]. The summed E-state index contributed by atoms with van der Waals surface area (Å²) in [7, 11) is 0. The summed E-state index contributed by atoms with van der Waals surface area (Å²) in [6.07, 6.45) is 1.01. The number of nitrogens with zero attached hydrogens (tertiary/aromatic N) is 1. The summed E-state index contributed by atoms with van der Waals surface area (Å²) in [5.41, 5.74) is -0.366. The molecule has 1 rings (SSSR count). The second kappa shape index (κ2) is 6.38. The smallest absolute Gasteiger partial charge is 1.00 e. The van der Waals surface area contributed by atoms with Gasteiger partial charge in [-0.25, -0.2) is 0 Å². The van der Waals surface area contributed by atoms with Crippen LogP contribution in [0.1, 0.15) is 27.2 Å². The average Bonchev–Trinajstić information content (AvgIpc) is 2.48. The van der Waals surface area contributed by atoms with E-state index < -0.39 is 0 Å². The third-order valence-corrected chi connectivity index (χ3v) is 4.06. The minimum atomic E-state index is -0.366. The first-order chi connectivity index (χ1) is 6.42. The Morgan fingerprint density at radius 1 is 1.53 bits per heavy atom. The molecule has 1 atom stereocenters. The van der Waals surface area contributed by atoms with Gasteiger partial charge in [-0.2, -0.15) is 0 Å². The van der Waals surface area contributed by atoms with E-state index in [9.17, 15) is 4.79 Å². The number of hydrogen-bond donors (Lipinski definition) is 0. The fourth-order valence-electron chi connectivity index (χ4n) is 1.56. The molecule has 0 aromatic carbocycles. The topological polar surface area (TPSA) is 29.5 Å². The first-order valence-corrected chi connectivity index (χ1v) is 7.29. The molecule has 0 aromatic heterocycles. The van der Waals surface area contributed by atoms with Crippen molar-refractivity contribution in [2.45, 2.75) is 37.8 Å². The van der Waals surface area contributed by atoms with Crippen LogP contribution < -0.4 is 24.0 Å². The molecule has 0 spiro atoms. The first-order valence-electron chi connectivity index (χ1n) is 5.19. The van der Waals surface area contributed by atoms with Gasteiger partial charge in [-0.15, -0.1) is 0 Å². The van der Waals surface area contributed by atoms with Crippen molar-refractivity contribution < 1.29 is 51.8 Å². The molecule has 15 heavy (non-hydrogen) atoms. The minimum Gasteiger partial charge on any atom is -1.00 e. The predicted octanol–water partition coefficient (Wildman–Crippen LogP) is -0.787. The molecule has 1 fully saturated rings. The number of hydrogen-bond acceptors (Lipinski definition) is 2. The molecule has 3 nitrogen and oxygen atoms in total. The van der Waals surface area contributed by atoms with Crippen LogP contribution in [0.25, 0.3) is 0 Å². The Balaban J connectivity index is 0.00000196. The van der Waals surface area contributed by atoms with Crippen LogP contribution in [0.5, 0.6) is 0 Å². The van der Waals surface area contributed by atoms with Crippen LogP contribution >= 0.6 is 0 Å². The fraction of sp³-hybridized carbons (Fsp3) is 0.900. The quantitative estimate of drug-likeness (QED) is 0.444. The van der Waals surface area contributed by atoms with Gasteiger partial charge >= 0.3 is 95.6 Å². The Bertz CT molecular complexity index is 218. The second-order valence-corrected chi connectivity index (χ2v) is 6.08. The third-order valence-electron chi connectivity index (χ3n) is 2.35. The van der Waals surface area contributed by atoms with Crippen molar-refractivity contribution in [1.29, 1.82) is 0 Å². The summed E-state index contributed by atoms with van der Waals surface area (Å²) in [6.45, 7) is 7.49. The maximum absolute atomic E-state index is 11.6. The second-order valence-electron chi connectivity index (χ2n) is 4.87. The van der Waals surface area contributed by atoms with Gasteiger partial charge in [0.15, 0.2) is 0 Å². The monoisotopic (exact) mass is 375 g/mol. The Morgan fingerprint density at radius 3 is 2.53 bits per heavy atom. The van der Waals surface area contributed by atoms with E-state index in [2.05, 4.69) is 0 Å². The summed E-state index contributed by atoms with van der Waals surface area (Å²) in [5.74, 6) is 0.725. The number of likely N-dealkylation sites (tertiary alicyclic amines) is 1. The number of ether oxygens (including phenoxy) is 1. The largest absolute Gasteiger partial charge is 1.00 e. The zero-order valence-electron chi connectivity index (χ0n) is 9.75. The summed E-state index contributed by atoms with van der Waals surface area (Å²) < 4.78 is 5.31. The standard InChI is InChI=1S/C10H18NO2.HI.Zn/c1-8-5-6-11(7-8)9(12)13-10(2,3)4;;/h8H,1,5-7H2,2-4H3;1H;/q;;+1/p-1/t8-;;/m1../s1. The molecule has 0 unspecified atom stereocenters. The Morgan fingerprint density at radius 2 is 2.13 bits per heavy atom. The van der Waals surface area contributed by atoms with Crippen molar-refractivity contribution in [3.63, 3.8) is 0 Å². The van der Waals surface area contributed by atoms with E-state index >= 15 is 0 Å². The molecule has 1 aliphatic rings. The van der Waals surface area contributed by atoms with Crippen molar-refractivity contribution in [3.05, 3.63) is 0 Å². The summed E-state index contributed by atoms with van der Waals surface area (Å²) in [6, 6.07) is 0. The van der Waals surface area contributed by atoms with Gasteiger partial charge in [-0.3, -0.25) is 0 Å². The van der Waals surface area contributed by atoms with E-state index in [0.29, 0.717) is 0 Å². The maximum atomic E-state index is 11.6. The van der Waals surface area contributed by atoms with Crippen molar-refractivity contribution in [2.75, 3.05) is 13.1 Å². The molecular weight excluding hydrogens is 358 g/mol. The molecule has 1 amide bonds. The van der Waals surface area contributed by atoms with Crippen molar-refractivity contribution in [2.24, 2.45) is 5.92 Å². The molecule has 5 heteroatoms. The molecule has 1 aliphatic heterocycles. The fourth-order valence-corrected chi connectivity index (χ4v) is 2.55. The average molecular weight is 377 g/mol. The van der Waals surface area contributed by atoms with Crippen LogP contribution in [0.2, 0.25) is 5.02 Å². The molecule has 0 aliphatic carbocycles. The summed E-state index contributed by atoms with van der Waals surface area (Å²) in [4.78, 5) is 13.5. The van der Waals surface area contributed by atoms with Crippen molar-refractivity contribution >= 4 is 6.09 Å². The van der Waals surface area contributed by atoms with Gasteiger partial charge in [0.05, 0.1) is 0 Å². The van der Waals surface area contributed by atoms with E-state index in [1.54, 1.807) is 0 Å². The van der Waals surface area contributed by atoms with Gasteiger partial charge in [0.2, 0.25) is 0 Å². The molecular formula is C10H18INO2Zn. The van der Waals surface area contributed by atoms with Crippen molar-refractivity contribution in [1.82, 2.24) is 4.90 Å². The molecule has 0 bridgehead atoms. The van der Waals surface area contributed by atoms with Gasteiger partial charge in [-0.1, -0.05) is 0 Å². The molecule has 84 valence electrons.